The highest BCUT2D eigenvalue weighted by Crippen LogP contribution is 2.32. The average Bonchev–Trinajstić information content (AvgIpc) is 3.19. The summed E-state index contributed by atoms with van der Waals surface area (Å²) in [7, 11) is 0. The lowest BCUT2D eigenvalue weighted by Crippen LogP contribution is -2.15. The molecule has 1 aromatic heterocycles. The quantitative estimate of drug-likeness (QED) is 0.368. The molecule has 0 saturated heterocycles. The minimum atomic E-state index is -1.50. The van der Waals surface area contributed by atoms with Crippen LogP contribution in [-0.2, 0) is 13.0 Å². The Morgan fingerprint density at radius 2 is 1.80 bits per heavy atom. The van der Waals surface area contributed by atoms with Gasteiger partial charge in [0.2, 0.25) is 0 Å². The molecule has 5 N–H and O–H groups in total. The fourth-order valence-corrected chi connectivity index (χ4v) is 3.47. The van der Waals surface area contributed by atoms with Crippen molar-refractivity contribution in [2.45, 2.75) is 19.3 Å². The normalized spacial score (nSPS) is 11.2. The van der Waals surface area contributed by atoms with E-state index in [1.165, 1.54) is 0 Å². The number of rotatable bonds is 6. The van der Waals surface area contributed by atoms with Crippen molar-refractivity contribution in [1.82, 2.24) is 0 Å². The van der Waals surface area contributed by atoms with E-state index >= 15 is 0 Å². The molecule has 0 aliphatic carbocycles. The van der Waals surface area contributed by atoms with Gasteiger partial charge in [0, 0.05) is 29.6 Å². The zero-order valence-corrected chi connectivity index (χ0v) is 16.2. The van der Waals surface area contributed by atoms with E-state index in [0.717, 1.165) is 22.1 Å². The maximum Gasteiger partial charge on any atom is 0.291 e. The first-order chi connectivity index (χ1) is 14.5. The van der Waals surface area contributed by atoms with E-state index in [4.69, 9.17) is 10.2 Å². The summed E-state index contributed by atoms with van der Waals surface area (Å²) in [5.41, 5.74) is 10.4. The molecule has 1 heterocycles. The first-order valence-corrected chi connectivity index (χ1v) is 9.62. The van der Waals surface area contributed by atoms with Gasteiger partial charge in [0.05, 0.1) is 0 Å². The molecule has 0 spiro atoms. The van der Waals surface area contributed by atoms with Gasteiger partial charge in [0.15, 0.2) is 12.1 Å². The van der Waals surface area contributed by atoms with E-state index in [0.29, 0.717) is 23.4 Å². The maximum atomic E-state index is 12.8. The van der Waals surface area contributed by atoms with Gasteiger partial charge in [0.25, 0.3) is 5.91 Å². The van der Waals surface area contributed by atoms with E-state index in [1.807, 2.05) is 42.5 Å². The second kappa shape index (κ2) is 8.51. The van der Waals surface area contributed by atoms with Gasteiger partial charge in [0.1, 0.15) is 5.58 Å². The number of furan rings is 1. The van der Waals surface area contributed by atoms with Gasteiger partial charge in [-0.15, -0.1) is 0 Å². The minimum absolute atomic E-state index is 0.0121. The molecule has 6 nitrogen and oxygen atoms in total. The van der Waals surface area contributed by atoms with Crippen LogP contribution in [0.1, 0.15) is 21.7 Å². The second-order valence-corrected chi connectivity index (χ2v) is 7.04. The lowest BCUT2D eigenvalue weighted by Gasteiger charge is -2.11. The van der Waals surface area contributed by atoms with Crippen LogP contribution in [0.3, 0.4) is 0 Å². The molecule has 0 radical (unpaired) electrons. The van der Waals surface area contributed by atoms with Crippen molar-refractivity contribution in [3.05, 3.63) is 89.7 Å². The molecule has 4 aromatic rings. The maximum absolute atomic E-state index is 12.8. The van der Waals surface area contributed by atoms with Crippen LogP contribution in [-0.4, -0.2) is 22.4 Å². The molecule has 0 saturated carbocycles. The molecule has 4 rings (SSSR count). The number of para-hydroxylation sites is 2. The molecule has 0 atom stereocenters. The molecule has 0 bridgehead atoms. The van der Waals surface area contributed by atoms with Crippen LogP contribution in [0.4, 0.5) is 5.69 Å². The van der Waals surface area contributed by atoms with Crippen molar-refractivity contribution in [2.24, 2.45) is 5.73 Å². The first-order valence-electron chi connectivity index (χ1n) is 9.62. The summed E-state index contributed by atoms with van der Waals surface area (Å²) in [6.07, 6.45) is -1.49. The Morgan fingerprint density at radius 1 is 1.00 bits per heavy atom. The number of amides is 1. The van der Waals surface area contributed by atoms with Crippen LogP contribution in [0.5, 0.6) is 0 Å². The average molecular weight is 402 g/mol. The van der Waals surface area contributed by atoms with Gasteiger partial charge < -0.3 is 25.7 Å². The number of anilines is 1. The molecule has 0 fully saturated rings. The van der Waals surface area contributed by atoms with Crippen molar-refractivity contribution in [1.29, 1.82) is 0 Å². The molecule has 30 heavy (non-hydrogen) atoms. The summed E-state index contributed by atoms with van der Waals surface area (Å²) in [6, 6.07) is 22.3. The Labute approximate surface area is 173 Å². The van der Waals surface area contributed by atoms with Gasteiger partial charge in [-0.1, -0.05) is 54.6 Å². The Balaban J connectivity index is 1.67. The molecule has 0 aliphatic rings. The number of nitrogens with two attached hydrogens (primary N) is 1. The highest BCUT2D eigenvalue weighted by Gasteiger charge is 2.17. The summed E-state index contributed by atoms with van der Waals surface area (Å²) >= 11 is 0. The standard InChI is InChI=1S/C24H22N2O4/c25-14-15-5-3-7-16(11-15)19-9-4-8-18-12-21(30-23(18)19)24(29)26-20-10-2-1-6-17(20)13-22(27)28/h1-12,22,27-28H,13-14,25H2,(H,26,29). The summed E-state index contributed by atoms with van der Waals surface area (Å²) in [6.45, 7) is 0.442. The molecule has 152 valence electrons. The zero-order chi connectivity index (χ0) is 21.1. The number of hydrogen-bond donors (Lipinski definition) is 4. The molecular weight excluding hydrogens is 380 g/mol. The third-order valence-electron chi connectivity index (χ3n) is 4.91. The highest BCUT2D eigenvalue weighted by atomic mass is 16.5. The molecular formula is C24H22N2O4. The predicted molar refractivity (Wildman–Crippen MR) is 116 cm³/mol. The second-order valence-electron chi connectivity index (χ2n) is 7.04. The van der Waals surface area contributed by atoms with E-state index in [1.54, 1.807) is 30.3 Å². The Bertz CT molecular complexity index is 1200. The number of aliphatic hydroxyl groups excluding tert-OH is 1. The van der Waals surface area contributed by atoms with Gasteiger partial charge >= 0.3 is 0 Å². The summed E-state index contributed by atoms with van der Waals surface area (Å²) in [5.74, 6) is -0.237. The smallest absolute Gasteiger partial charge is 0.291 e. The Morgan fingerprint density at radius 3 is 2.60 bits per heavy atom. The topological polar surface area (TPSA) is 109 Å². The molecule has 0 unspecified atom stereocenters. The van der Waals surface area contributed by atoms with Crippen LogP contribution in [0.2, 0.25) is 0 Å². The lowest BCUT2D eigenvalue weighted by molar-refractivity contribution is -0.0380. The fourth-order valence-electron chi connectivity index (χ4n) is 3.47. The largest absolute Gasteiger partial charge is 0.450 e. The van der Waals surface area contributed by atoms with Gasteiger partial charge in [-0.05, 0) is 34.9 Å². The van der Waals surface area contributed by atoms with E-state index in [-0.39, 0.29) is 12.2 Å². The van der Waals surface area contributed by atoms with Gasteiger partial charge in [-0.2, -0.15) is 0 Å². The third-order valence-corrected chi connectivity index (χ3v) is 4.91. The van der Waals surface area contributed by atoms with E-state index in [2.05, 4.69) is 5.32 Å². The third kappa shape index (κ3) is 4.11. The van der Waals surface area contributed by atoms with Crippen LogP contribution in [0.15, 0.2) is 77.2 Å². The lowest BCUT2D eigenvalue weighted by atomic mass is 10.0. The van der Waals surface area contributed by atoms with Crippen LogP contribution in [0, 0.1) is 0 Å². The first kappa shape index (κ1) is 19.8. The van der Waals surface area contributed by atoms with Gasteiger partial charge in [-0.3, -0.25) is 4.79 Å². The van der Waals surface area contributed by atoms with Crippen molar-refractivity contribution in [3.8, 4) is 11.1 Å². The van der Waals surface area contributed by atoms with Crippen LogP contribution in [0.25, 0.3) is 22.1 Å². The number of benzene rings is 3. The van der Waals surface area contributed by atoms with Crippen LogP contribution < -0.4 is 11.1 Å². The number of fused-ring (bicyclic) bond motifs is 1. The minimum Gasteiger partial charge on any atom is -0.450 e. The van der Waals surface area contributed by atoms with Gasteiger partial charge in [-0.25, -0.2) is 0 Å². The molecule has 1 amide bonds. The number of nitrogens with one attached hydrogen (secondary N) is 1. The number of carbonyl (C=O) groups excluding carboxylic acids is 1. The van der Waals surface area contributed by atoms with Crippen molar-refractivity contribution >= 4 is 22.6 Å². The summed E-state index contributed by atoms with van der Waals surface area (Å²) < 4.78 is 5.94. The monoisotopic (exact) mass is 402 g/mol. The van der Waals surface area contributed by atoms with Crippen molar-refractivity contribution in [2.75, 3.05) is 5.32 Å². The molecule has 6 heteroatoms. The Hall–Kier alpha value is -3.45. The van der Waals surface area contributed by atoms with Crippen LogP contribution >= 0.6 is 0 Å². The number of hydrogen-bond acceptors (Lipinski definition) is 5. The fraction of sp³-hybridized carbons (Fsp3) is 0.125. The molecule has 3 aromatic carbocycles. The molecule has 0 aliphatic heterocycles. The SMILES string of the molecule is NCc1cccc(-c2cccc3cc(C(=O)Nc4ccccc4CC(O)O)oc23)c1. The summed E-state index contributed by atoms with van der Waals surface area (Å²) in [4.78, 5) is 12.8. The number of carbonyl (C=O) groups is 1. The summed E-state index contributed by atoms with van der Waals surface area (Å²) in [5, 5.41) is 22.2. The number of aliphatic hydroxyl groups is 2. The van der Waals surface area contributed by atoms with E-state index < -0.39 is 12.2 Å². The predicted octanol–water partition coefficient (Wildman–Crippen LogP) is 3.66. The van der Waals surface area contributed by atoms with Crippen molar-refractivity contribution in [3.63, 3.8) is 0 Å². The zero-order valence-electron chi connectivity index (χ0n) is 16.2. The highest BCUT2D eigenvalue weighted by molar-refractivity contribution is 6.06. The van der Waals surface area contributed by atoms with Crippen molar-refractivity contribution < 1.29 is 19.4 Å². The van der Waals surface area contributed by atoms with E-state index in [9.17, 15) is 15.0 Å². The Kier molecular flexibility index (Phi) is 5.63.